The van der Waals surface area contributed by atoms with Crippen LogP contribution in [-0.2, 0) is 0 Å². The van der Waals surface area contributed by atoms with Crippen LogP contribution in [0, 0.1) is 25.2 Å². The molecule has 108 valence electrons. The molecule has 0 aromatic heterocycles. The highest BCUT2D eigenvalue weighted by Crippen LogP contribution is 2.32. The van der Waals surface area contributed by atoms with Crippen LogP contribution >= 0.6 is 0 Å². The van der Waals surface area contributed by atoms with Gasteiger partial charge in [-0.15, -0.1) is 13.2 Å². The van der Waals surface area contributed by atoms with Crippen molar-refractivity contribution in [2.24, 2.45) is 0 Å². The molecule has 0 spiro atoms. The van der Waals surface area contributed by atoms with Crippen LogP contribution in [-0.4, -0.2) is 6.36 Å². The molecule has 2 rings (SSSR count). The molecule has 0 heterocycles. The fourth-order valence-electron chi connectivity index (χ4n) is 2.07. The molecule has 2 nitrogen and oxygen atoms in total. The number of rotatable bonds is 2. The van der Waals surface area contributed by atoms with E-state index in [0.29, 0.717) is 11.1 Å². The van der Waals surface area contributed by atoms with Crippen LogP contribution in [0.15, 0.2) is 36.4 Å². The van der Waals surface area contributed by atoms with Crippen LogP contribution in [0.5, 0.6) is 5.75 Å². The minimum Gasteiger partial charge on any atom is -0.406 e. The van der Waals surface area contributed by atoms with E-state index in [1.807, 2.05) is 38.1 Å². The first-order valence-electron chi connectivity index (χ1n) is 6.17. The summed E-state index contributed by atoms with van der Waals surface area (Å²) in [6.45, 7) is 3.72. The van der Waals surface area contributed by atoms with Crippen molar-refractivity contribution in [1.82, 2.24) is 0 Å². The van der Waals surface area contributed by atoms with E-state index < -0.39 is 6.36 Å². The number of ether oxygens (including phenoxy) is 1. The zero-order valence-electron chi connectivity index (χ0n) is 11.5. The van der Waals surface area contributed by atoms with Gasteiger partial charge in [0.25, 0.3) is 0 Å². The molecule has 0 saturated carbocycles. The van der Waals surface area contributed by atoms with Crippen molar-refractivity contribution in [2.75, 3.05) is 0 Å². The van der Waals surface area contributed by atoms with Crippen molar-refractivity contribution in [1.29, 1.82) is 5.26 Å². The molecule has 0 fully saturated rings. The van der Waals surface area contributed by atoms with Crippen molar-refractivity contribution < 1.29 is 17.9 Å². The second kappa shape index (κ2) is 5.49. The van der Waals surface area contributed by atoms with Gasteiger partial charge in [-0.3, -0.25) is 0 Å². The summed E-state index contributed by atoms with van der Waals surface area (Å²) in [7, 11) is 0. The molecule has 2 aromatic rings. The van der Waals surface area contributed by atoms with Gasteiger partial charge in [0.05, 0.1) is 11.6 Å². The third-order valence-electron chi connectivity index (χ3n) is 3.03. The van der Waals surface area contributed by atoms with Gasteiger partial charge in [-0.1, -0.05) is 23.8 Å². The Labute approximate surface area is 120 Å². The standard InChI is InChI=1S/C16H12F3NO/c1-10-3-4-11(2)14(7-10)15-8-13(21-16(17,18)19)6-5-12(15)9-20/h3-8H,1-2H3. The lowest BCUT2D eigenvalue weighted by molar-refractivity contribution is -0.274. The molecule has 5 heteroatoms. The summed E-state index contributed by atoms with van der Waals surface area (Å²) in [6.07, 6.45) is -4.76. The third-order valence-corrected chi connectivity index (χ3v) is 3.03. The van der Waals surface area contributed by atoms with Gasteiger partial charge < -0.3 is 4.74 Å². The highest BCUT2D eigenvalue weighted by Gasteiger charge is 2.31. The van der Waals surface area contributed by atoms with Crippen LogP contribution in [0.2, 0.25) is 0 Å². The van der Waals surface area contributed by atoms with Gasteiger partial charge >= 0.3 is 6.36 Å². The van der Waals surface area contributed by atoms with Gasteiger partial charge in [0.15, 0.2) is 0 Å². The normalized spacial score (nSPS) is 11.0. The van der Waals surface area contributed by atoms with Crippen LogP contribution < -0.4 is 4.74 Å². The van der Waals surface area contributed by atoms with Gasteiger partial charge in [-0.05, 0) is 43.2 Å². The largest absolute Gasteiger partial charge is 0.573 e. The molecule has 21 heavy (non-hydrogen) atoms. The van der Waals surface area contributed by atoms with Crippen LogP contribution in [0.3, 0.4) is 0 Å². The minimum absolute atomic E-state index is 0.304. The van der Waals surface area contributed by atoms with Gasteiger partial charge in [0.1, 0.15) is 5.75 Å². The van der Waals surface area contributed by atoms with E-state index in [0.717, 1.165) is 22.8 Å². The summed E-state index contributed by atoms with van der Waals surface area (Å²) in [5, 5.41) is 9.15. The number of alkyl halides is 3. The van der Waals surface area contributed by atoms with E-state index in [1.165, 1.54) is 12.1 Å². The van der Waals surface area contributed by atoms with E-state index >= 15 is 0 Å². The second-order valence-corrected chi connectivity index (χ2v) is 4.69. The molecule has 0 N–H and O–H groups in total. The first kappa shape index (κ1) is 14.9. The van der Waals surface area contributed by atoms with Crippen molar-refractivity contribution in [2.45, 2.75) is 20.2 Å². The van der Waals surface area contributed by atoms with Crippen molar-refractivity contribution >= 4 is 0 Å². The fourth-order valence-corrected chi connectivity index (χ4v) is 2.07. The molecule has 0 saturated heterocycles. The Morgan fingerprint density at radius 3 is 2.33 bits per heavy atom. The highest BCUT2D eigenvalue weighted by molar-refractivity contribution is 5.75. The van der Waals surface area contributed by atoms with E-state index in [2.05, 4.69) is 4.74 Å². The summed E-state index contributed by atoms with van der Waals surface area (Å²) >= 11 is 0. The van der Waals surface area contributed by atoms with Crippen molar-refractivity contribution in [3.63, 3.8) is 0 Å². The van der Waals surface area contributed by atoms with Crippen molar-refractivity contribution in [3.05, 3.63) is 53.1 Å². The Hall–Kier alpha value is -2.48. The third kappa shape index (κ3) is 3.54. The lowest BCUT2D eigenvalue weighted by Gasteiger charge is -2.13. The summed E-state index contributed by atoms with van der Waals surface area (Å²) in [5.41, 5.74) is 3.29. The van der Waals surface area contributed by atoms with Gasteiger partial charge in [0, 0.05) is 5.56 Å². The number of hydrogen-bond acceptors (Lipinski definition) is 2. The molecule has 0 bridgehead atoms. The number of nitrogens with zero attached hydrogens (tertiary/aromatic N) is 1. The maximum atomic E-state index is 12.3. The molecular formula is C16H12F3NO. The molecule has 0 radical (unpaired) electrons. The van der Waals surface area contributed by atoms with Crippen LogP contribution in [0.25, 0.3) is 11.1 Å². The van der Waals surface area contributed by atoms with E-state index in [9.17, 15) is 13.2 Å². The lowest BCUT2D eigenvalue weighted by atomic mass is 9.95. The Morgan fingerprint density at radius 1 is 1.00 bits per heavy atom. The molecule has 0 aliphatic carbocycles. The molecule has 0 aliphatic heterocycles. The predicted octanol–water partition coefficient (Wildman–Crippen LogP) is 4.74. The molecule has 0 unspecified atom stereocenters. The average molecular weight is 291 g/mol. The molecule has 0 atom stereocenters. The summed E-state index contributed by atoms with van der Waals surface area (Å²) < 4.78 is 40.9. The molecule has 2 aromatic carbocycles. The maximum Gasteiger partial charge on any atom is 0.573 e. The van der Waals surface area contributed by atoms with Gasteiger partial charge in [-0.25, -0.2) is 0 Å². The summed E-state index contributed by atoms with van der Waals surface area (Å²) in [5.74, 6) is -0.336. The average Bonchev–Trinajstić information content (AvgIpc) is 2.39. The Kier molecular flexibility index (Phi) is 3.90. The zero-order valence-corrected chi connectivity index (χ0v) is 11.5. The zero-order chi connectivity index (χ0) is 15.6. The minimum atomic E-state index is -4.76. The lowest BCUT2D eigenvalue weighted by Crippen LogP contribution is -2.17. The highest BCUT2D eigenvalue weighted by atomic mass is 19.4. The fraction of sp³-hybridized carbons (Fsp3) is 0.188. The van der Waals surface area contributed by atoms with E-state index in [4.69, 9.17) is 5.26 Å². The van der Waals surface area contributed by atoms with Crippen molar-refractivity contribution in [3.8, 4) is 22.9 Å². The van der Waals surface area contributed by atoms with Gasteiger partial charge in [0.2, 0.25) is 0 Å². The summed E-state index contributed by atoms with van der Waals surface area (Å²) in [4.78, 5) is 0. The van der Waals surface area contributed by atoms with Crippen LogP contribution in [0.4, 0.5) is 13.2 Å². The van der Waals surface area contributed by atoms with E-state index in [-0.39, 0.29) is 5.75 Å². The predicted molar refractivity (Wildman–Crippen MR) is 72.8 cm³/mol. The Balaban J connectivity index is 2.58. The SMILES string of the molecule is Cc1ccc(C)c(-c2cc(OC(F)(F)F)ccc2C#N)c1. The quantitative estimate of drug-likeness (QED) is 0.800. The second-order valence-electron chi connectivity index (χ2n) is 4.69. The first-order valence-corrected chi connectivity index (χ1v) is 6.17. The molecule has 0 amide bonds. The Bertz CT molecular complexity index is 714. The number of nitriles is 1. The summed E-state index contributed by atoms with van der Waals surface area (Å²) in [6, 6.07) is 11.3. The topological polar surface area (TPSA) is 33.0 Å². The first-order chi connectivity index (χ1) is 9.80. The molecule has 0 aliphatic rings. The monoisotopic (exact) mass is 291 g/mol. The molecular weight excluding hydrogens is 279 g/mol. The number of halogens is 3. The smallest absolute Gasteiger partial charge is 0.406 e. The van der Waals surface area contributed by atoms with Crippen LogP contribution in [0.1, 0.15) is 16.7 Å². The number of aryl methyl sites for hydroxylation is 2. The van der Waals surface area contributed by atoms with E-state index in [1.54, 1.807) is 0 Å². The van der Waals surface area contributed by atoms with Gasteiger partial charge in [-0.2, -0.15) is 5.26 Å². The Morgan fingerprint density at radius 2 is 1.71 bits per heavy atom. The maximum absolute atomic E-state index is 12.3. The number of benzene rings is 2. The number of hydrogen-bond donors (Lipinski definition) is 0.